The number of aromatic nitrogens is 6. The van der Waals surface area contributed by atoms with Crippen LogP contribution < -0.4 is 17.2 Å². The van der Waals surface area contributed by atoms with Crippen LogP contribution in [-0.2, 0) is 46.5 Å². The van der Waals surface area contributed by atoms with Crippen molar-refractivity contribution in [3.63, 3.8) is 0 Å². The zero-order valence-corrected chi connectivity index (χ0v) is 29.6. The maximum atomic E-state index is 13.3. The van der Waals surface area contributed by atoms with Gasteiger partial charge in [-0.1, -0.05) is 6.08 Å². The molecule has 1 amide bonds. The van der Waals surface area contributed by atoms with Gasteiger partial charge < -0.3 is 50.4 Å². The molecule has 0 spiro atoms. The normalized spacial score (nSPS) is 25.6. The molecule has 5 heterocycles. The fraction of sp³-hybridized carbons (Fsp3) is 0.519. The number of imidazole rings is 1. The first-order valence-corrected chi connectivity index (χ1v) is 18.7. The van der Waals surface area contributed by atoms with Crippen molar-refractivity contribution in [3.8, 4) is 0 Å². The second kappa shape index (κ2) is 16.4. The molecule has 3 aromatic heterocycles. The van der Waals surface area contributed by atoms with E-state index >= 15 is 0 Å². The van der Waals surface area contributed by atoms with Crippen molar-refractivity contribution in [2.24, 2.45) is 0 Å². The van der Waals surface area contributed by atoms with Crippen molar-refractivity contribution in [1.29, 1.82) is 0 Å². The first-order chi connectivity index (χ1) is 25.0. The molecule has 290 valence electrons. The lowest BCUT2D eigenvalue weighted by molar-refractivity contribution is -0.159. The van der Waals surface area contributed by atoms with Crippen LogP contribution >= 0.6 is 15.6 Å². The molecule has 0 aromatic carbocycles. The SMILES string of the molecule is C=CCCC(=O)N(C)CC(=O)O[C@@H]1[C@@H](COP(=O)(O)O[C@H]2C[C@H](n3ccc(N)nc3=O)O[C@@H]2COP(=O)(O)O)OC(n2cnc3c(N)ncnc32)[C@@H]1O. The number of hydrogen-bond acceptors (Lipinski definition) is 18. The number of nitrogen functional groups attached to an aromatic ring is 2. The number of anilines is 2. The Morgan fingerprint density at radius 2 is 1.85 bits per heavy atom. The summed E-state index contributed by atoms with van der Waals surface area (Å²) in [6.07, 6.45) is -4.85. The minimum Gasteiger partial charge on any atom is -0.455 e. The van der Waals surface area contributed by atoms with Crippen LogP contribution in [0.3, 0.4) is 0 Å². The summed E-state index contributed by atoms with van der Waals surface area (Å²) in [6.45, 7) is 1.35. The van der Waals surface area contributed by atoms with Crippen molar-refractivity contribution < 1.29 is 66.3 Å². The summed E-state index contributed by atoms with van der Waals surface area (Å²) in [5.74, 6) is -1.42. The molecule has 24 nitrogen and oxygen atoms in total. The minimum atomic E-state index is -5.16. The number of phosphoric ester groups is 2. The molecule has 26 heteroatoms. The van der Waals surface area contributed by atoms with Crippen molar-refractivity contribution in [2.75, 3.05) is 38.3 Å². The average Bonchev–Trinajstić information content (AvgIpc) is 3.77. The summed E-state index contributed by atoms with van der Waals surface area (Å²) in [6, 6.07) is 1.28. The van der Waals surface area contributed by atoms with E-state index in [0.717, 1.165) is 15.8 Å². The Hall–Kier alpha value is -4.19. The van der Waals surface area contributed by atoms with E-state index in [-0.39, 0.29) is 41.5 Å². The fourth-order valence-corrected chi connectivity index (χ4v) is 6.79. The summed E-state index contributed by atoms with van der Waals surface area (Å²) < 4.78 is 59.1. The first-order valence-electron chi connectivity index (χ1n) is 15.6. The molecular weight excluding hydrogens is 752 g/mol. The lowest BCUT2D eigenvalue weighted by Crippen LogP contribution is -2.41. The van der Waals surface area contributed by atoms with Crippen LogP contribution in [0, 0.1) is 0 Å². The number of nitrogens with two attached hydrogens (primary N) is 2. The Kier molecular flexibility index (Phi) is 12.4. The smallest absolute Gasteiger partial charge is 0.455 e. The van der Waals surface area contributed by atoms with Gasteiger partial charge in [0.2, 0.25) is 5.91 Å². The van der Waals surface area contributed by atoms with Gasteiger partial charge in [-0.05, 0) is 12.5 Å². The van der Waals surface area contributed by atoms with Gasteiger partial charge in [-0.2, -0.15) is 4.98 Å². The van der Waals surface area contributed by atoms with E-state index in [1.807, 2.05) is 0 Å². The number of carbonyl (C=O) groups excluding carboxylic acids is 2. The van der Waals surface area contributed by atoms with E-state index < -0.39 is 90.0 Å². The quantitative estimate of drug-likeness (QED) is 0.0560. The lowest BCUT2D eigenvalue weighted by atomic mass is 10.1. The van der Waals surface area contributed by atoms with E-state index in [4.69, 9.17) is 34.7 Å². The number of nitrogens with zero attached hydrogens (tertiary/aromatic N) is 7. The van der Waals surface area contributed by atoms with Gasteiger partial charge in [0.25, 0.3) is 0 Å². The van der Waals surface area contributed by atoms with Gasteiger partial charge >= 0.3 is 27.3 Å². The van der Waals surface area contributed by atoms with E-state index in [2.05, 4.69) is 31.0 Å². The molecule has 3 aromatic rings. The van der Waals surface area contributed by atoms with Gasteiger partial charge in [0, 0.05) is 26.1 Å². The monoisotopic (exact) mass is 789 g/mol. The minimum absolute atomic E-state index is 0.0202. The van der Waals surface area contributed by atoms with Crippen molar-refractivity contribution in [3.05, 3.63) is 48.1 Å². The Morgan fingerprint density at radius 3 is 2.55 bits per heavy atom. The largest absolute Gasteiger partial charge is 0.472 e. The molecule has 2 aliphatic heterocycles. The van der Waals surface area contributed by atoms with Gasteiger partial charge in [0.15, 0.2) is 23.8 Å². The number of likely N-dealkylation sites (N-methyl/N-ethyl adjacent to an activating group) is 1. The Morgan fingerprint density at radius 1 is 1.11 bits per heavy atom. The maximum Gasteiger partial charge on any atom is 0.472 e. The maximum absolute atomic E-state index is 13.3. The number of aliphatic hydroxyl groups is 1. The second-order valence-corrected chi connectivity index (χ2v) is 14.4. The third-order valence-electron chi connectivity index (χ3n) is 8.01. The molecule has 2 unspecified atom stereocenters. The lowest BCUT2D eigenvalue weighted by Gasteiger charge is -2.24. The summed E-state index contributed by atoms with van der Waals surface area (Å²) in [5, 5.41) is 11.4. The van der Waals surface area contributed by atoms with Gasteiger partial charge in [0.1, 0.15) is 54.9 Å². The van der Waals surface area contributed by atoms with Crippen LogP contribution in [0.2, 0.25) is 0 Å². The predicted octanol–water partition coefficient (Wildman–Crippen LogP) is -1.26. The molecular formula is C27H37N9O15P2. The average molecular weight is 790 g/mol. The first kappa shape index (κ1) is 40.0. The standard InChI is InChI=1S/C27H37N9O15P2/c1-3-4-5-18(37)34(2)9-20(38)50-23-16(49-26(22(23)39)36-13-32-21-24(29)30-12-31-25(21)36)11-47-53(44,45)51-14-8-19(35-7-6-17(28)33-27(35)40)48-15(14)10-46-52(41,42)43/h3,6-7,12-16,19,22-23,26,39H,1,4-5,8-11H2,2H3,(H,44,45)(H2,28,33,40)(H2,29,30,31)(H2,41,42,43)/t14-,15+,16+,19+,22+,23+,26?/m0/s1. The zero-order valence-electron chi connectivity index (χ0n) is 27.8. The van der Waals surface area contributed by atoms with Gasteiger partial charge in [0.05, 0.1) is 19.5 Å². The number of esters is 1. The molecule has 2 fully saturated rings. The number of rotatable bonds is 16. The molecule has 8 atom stereocenters. The third-order valence-corrected chi connectivity index (χ3v) is 9.51. The van der Waals surface area contributed by atoms with Crippen molar-refractivity contribution >= 4 is 50.3 Å². The van der Waals surface area contributed by atoms with Crippen LogP contribution in [0.15, 0.2) is 42.4 Å². The molecule has 0 radical (unpaired) electrons. The summed E-state index contributed by atoms with van der Waals surface area (Å²) in [4.78, 5) is 83.7. The van der Waals surface area contributed by atoms with Gasteiger partial charge in [-0.25, -0.2) is 28.9 Å². The summed E-state index contributed by atoms with van der Waals surface area (Å²) in [7, 11) is -8.83. The molecule has 0 bridgehead atoms. The highest BCUT2D eigenvalue weighted by molar-refractivity contribution is 7.47. The van der Waals surface area contributed by atoms with Crippen LogP contribution in [0.4, 0.5) is 11.6 Å². The van der Waals surface area contributed by atoms with Crippen LogP contribution in [0.5, 0.6) is 0 Å². The Balaban J connectivity index is 1.33. The second-order valence-electron chi connectivity index (χ2n) is 11.8. The number of carbonyl (C=O) groups is 2. The number of ether oxygens (including phenoxy) is 3. The number of aliphatic hydroxyl groups excluding tert-OH is 1. The highest BCUT2D eigenvalue weighted by atomic mass is 31.2. The van der Waals surface area contributed by atoms with Gasteiger partial charge in [-0.15, -0.1) is 6.58 Å². The van der Waals surface area contributed by atoms with E-state index in [0.29, 0.717) is 6.42 Å². The topological polar surface area (TPSA) is 338 Å². The van der Waals surface area contributed by atoms with Crippen molar-refractivity contribution in [1.82, 2.24) is 34.0 Å². The third kappa shape index (κ3) is 9.87. The van der Waals surface area contributed by atoms with Crippen molar-refractivity contribution in [2.45, 2.75) is 62.2 Å². The van der Waals surface area contributed by atoms with Crippen LogP contribution in [0.25, 0.3) is 11.2 Å². The van der Waals surface area contributed by atoms with Gasteiger partial charge in [-0.3, -0.25) is 32.3 Å². The van der Waals surface area contributed by atoms with E-state index in [1.54, 1.807) is 0 Å². The fourth-order valence-electron chi connectivity index (χ4n) is 5.49. The highest BCUT2D eigenvalue weighted by Gasteiger charge is 2.50. The summed E-state index contributed by atoms with van der Waals surface area (Å²) in [5.41, 5.74) is 10.9. The molecule has 5 rings (SSSR count). The van der Waals surface area contributed by atoms with E-state index in [1.165, 1.54) is 36.3 Å². The van der Waals surface area contributed by atoms with E-state index in [9.17, 15) is 43.3 Å². The molecule has 8 N–H and O–H groups in total. The number of fused-ring (bicyclic) bond motifs is 1. The number of amides is 1. The molecule has 0 aliphatic carbocycles. The molecule has 0 saturated carbocycles. The predicted molar refractivity (Wildman–Crippen MR) is 177 cm³/mol. The zero-order chi connectivity index (χ0) is 38.7. The number of phosphoric acid groups is 2. The number of hydrogen-bond donors (Lipinski definition) is 6. The number of allylic oxidation sites excluding steroid dienone is 1. The van der Waals surface area contributed by atoms with Crippen LogP contribution in [-0.4, -0.2) is 123 Å². The molecule has 53 heavy (non-hydrogen) atoms. The molecule has 2 saturated heterocycles. The molecule has 2 aliphatic rings. The Labute approximate surface area is 299 Å². The summed E-state index contributed by atoms with van der Waals surface area (Å²) >= 11 is 0. The highest BCUT2D eigenvalue weighted by Crippen LogP contribution is 2.50. The van der Waals surface area contributed by atoms with Crippen LogP contribution in [0.1, 0.15) is 31.7 Å². The Bertz CT molecular complexity index is 1970.